The zero-order valence-corrected chi connectivity index (χ0v) is 37.2. The van der Waals surface area contributed by atoms with Crippen LogP contribution in [0.2, 0.25) is 0 Å². The highest BCUT2D eigenvalue weighted by atomic mass is 19.2. The van der Waals surface area contributed by atoms with Crippen LogP contribution < -0.4 is 0 Å². The SMILES string of the molecule is Cc1cn(-c2ccc(/C=C/c3nc4n(n3)CC[C@@H](O)[C@H]4c3cc(F)c(F)c(F)c3)cc2C)cn1.Cc1cn(-c2ccc(/C=C/c3nc4n(n3)CC[C@H](O)[C@@H]4c3cc(F)c(F)c(F)c3)cc2C)cn1. The predicted molar refractivity (Wildman–Crippen MR) is 242 cm³/mol. The van der Waals surface area contributed by atoms with Crippen LogP contribution in [0.3, 0.4) is 0 Å². The van der Waals surface area contributed by atoms with Crippen molar-refractivity contribution >= 4 is 24.3 Å². The fourth-order valence-electron chi connectivity index (χ4n) is 8.71. The number of aliphatic hydroxyl groups is 2. The highest BCUT2D eigenvalue weighted by molar-refractivity contribution is 5.69. The Hall–Kier alpha value is -7.44. The van der Waals surface area contributed by atoms with Gasteiger partial charge in [0.25, 0.3) is 0 Å². The summed E-state index contributed by atoms with van der Waals surface area (Å²) in [6, 6.07) is 15.6. The van der Waals surface area contributed by atoms with Gasteiger partial charge in [0.05, 0.1) is 48.1 Å². The molecule has 10 rings (SSSR count). The fourth-order valence-corrected chi connectivity index (χ4v) is 8.71. The van der Waals surface area contributed by atoms with Crippen LogP contribution in [0.4, 0.5) is 26.3 Å². The molecule has 0 unspecified atom stereocenters. The normalized spacial score (nSPS) is 17.9. The number of aliphatic hydroxyl groups excluding tert-OH is 2. The molecule has 0 fully saturated rings. The van der Waals surface area contributed by atoms with E-state index in [1.54, 1.807) is 34.2 Å². The van der Waals surface area contributed by atoms with Gasteiger partial charge in [-0.25, -0.2) is 55.6 Å². The number of nitrogens with zero attached hydrogens (tertiary/aromatic N) is 10. The first-order valence-electron chi connectivity index (χ1n) is 21.7. The molecule has 12 nitrogen and oxygen atoms in total. The molecule has 4 aromatic heterocycles. The molecule has 4 atom stereocenters. The second kappa shape index (κ2) is 18.7. The lowest BCUT2D eigenvalue weighted by molar-refractivity contribution is 0.118. The topological polar surface area (TPSA) is 138 Å². The molecule has 0 saturated carbocycles. The molecule has 0 radical (unpaired) electrons. The number of aryl methyl sites for hydroxylation is 6. The Kier molecular flexibility index (Phi) is 12.6. The maximum Gasteiger partial charge on any atom is 0.194 e. The molecule has 2 aliphatic rings. The number of benzene rings is 4. The van der Waals surface area contributed by atoms with Crippen LogP contribution in [-0.4, -0.2) is 71.1 Å². The van der Waals surface area contributed by atoms with Crippen molar-refractivity contribution < 1.29 is 36.6 Å². The first-order chi connectivity index (χ1) is 32.6. The Labute approximate surface area is 386 Å². The van der Waals surface area contributed by atoms with Crippen molar-refractivity contribution in [1.82, 2.24) is 48.6 Å². The van der Waals surface area contributed by atoms with Crippen molar-refractivity contribution in [3.63, 3.8) is 0 Å². The summed E-state index contributed by atoms with van der Waals surface area (Å²) in [5, 5.41) is 30.0. The standard InChI is InChI=1S/2C25H22F3N5O/c2*1-14-9-16(3-5-20(14)32-12-15(2)29-13-32)4-6-22-30-25-23(21(34)7-8-33(25)31-22)17-10-18(26)24(28)19(27)11-17/h2*3-6,9-13,21,23,34H,7-8H2,1-2H3/b2*6-4+/t2*21-,23-/m10/s1. The molecular formula is C50H44F6N10O2. The molecule has 6 heterocycles. The summed E-state index contributed by atoms with van der Waals surface area (Å²) in [5.41, 5.74) is 8.21. The third-order valence-corrected chi connectivity index (χ3v) is 12.0. The van der Waals surface area contributed by atoms with Gasteiger partial charge in [-0.2, -0.15) is 10.2 Å². The number of imidazole rings is 2. The van der Waals surface area contributed by atoms with Gasteiger partial charge in [-0.1, -0.05) is 24.3 Å². The van der Waals surface area contributed by atoms with E-state index < -0.39 is 58.9 Å². The quantitative estimate of drug-likeness (QED) is 0.114. The summed E-state index contributed by atoms with van der Waals surface area (Å²) < 4.78 is 89.3. The Morgan fingerprint density at radius 3 is 1.25 bits per heavy atom. The molecule has 0 spiro atoms. The molecule has 68 heavy (non-hydrogen) atoms. The summed E-state index contributed by atoms with van der Waals surface area (Å²) in [5.74, 6) is -8.34. The summed E-state index contributed by atoms with van der Waals surface area (Å²) in [6.45, 7) is 8.74. The Morgan fingerprint density at radius 2 is 0.912 bits per heavy atom. The minimum atomic E-state index is -1.54. The predicted octanol–water partition coefficient (Wildman–Crippen LogP) is 9.13. The summed E-state index contributed by atoms with van der Waals surface area (Å²) in [4.78, 5) is 17.5. The molecule has 0 bridgehead atoms. The lowest BCUT2D eigenvalue weighted by atomic mass is 9.88. The van der Waals surface area contributed by atoms with Gasteiger partial charge in [0.15, 0.2) is 46.6 Å². The largest absolute Gasteiger partial charge is 0.392 e. The molecule has 0 amide bonds. The van der Waals surface area contributed by atoms with Crippen LogP contribution in [0.15, 0.2) is 85.7 Å². The molecule has 348 valence electrons. The van der Waals surface area contributed by atoms with Gasteiger partial charge in [0.2, 0.25) is 0 Å². The minimum absolute atomic E-state index is 0.119. The molecule has 8 aromatic rings. The van der Waals surface area contributed by atoms with Crippen molar-refractivity contribution in [2.75, 3.05) is 0 Å². The van der Waals surface area contributed by atoms with Crippen molar-refractivity contribution in [1.29, 1.82) is 0 Å². The van der Waals surface area contributed by atoms with Gasteiger partial charge in [-0.15, -0.1) is 0 Å². The average Bonchev–Trinajstić information content (AvgIpc) is 4.13. The molecule has 2 aliphatic heterocycles. The van der Waals surface area contributed by atoms with Crippen molar-refractivity contribution in [2.24, 2.45) is 0 Å². The Balaban J connectivity index is 0.000000170. The first-order valence-corrected chi connectivity index (χ1v) is 21.7. The second-order valence-electron chi connectivity index (χ2n) is 17.0. The van der Waals surface area contributed by atoms with Crippen LogP contribution in [-0.2, 0) is 13.1 Å². The average molecular weight is 931 g/mol. The fraction of sp³-hybridized carbons (Fsp3) is 0.240. The van der Waals surface area contributed by atoms with E-state index in [1.165, 1.54) is 0 Å². The van der Waals surface area contributed by atoms with E-state index in [-0.39, 0.29) is 11.1 Å². The van der Waals surface area contributed by atoms with Gasteiger partial charge in [-0.3, -0.25) is 0 Å². The molecule has 0 saturated heterocycles. The lowest BCUT2D eigenvalue weighted by Gasteiger charge is -2.27. The van der Waals surface area contributed by atoms with E-state index in [0.717, 1.165) is 69.3 Å². The number of rotatable bonds is 8. The second-order valence-corrected chi connectivity index (χ2v) is 17.0. The minimum Gasteiger partial charge on any atom is -0.392 e. The van der Waals surface area contributed by atoms with Gasteiger partial charge in [0, 0.05) is 36.9 Å². The molecule has 2 N–H and O–H groups in total. The van der Waals surface area contributed by atoms with Crippen molar-refractivity contribution in [3.05, 3.63) is 189 Å². The van der Waals surface area contributed by atoms with E-state index in [9.17, 15) is 36.6 Å². The number of aromatic nitrogens is 10. The Morgan fingerprint density at radius 1 is 0.529 bits per heavy atom. The van der Waals surface area contributed by atoms with E-state index in [2.05, 4.69) is 30.1 Å². The monoisotopic (exact) mass is 930 g/mol. The molecular weight excluding hydrogens is 887 g/mol. The Bertz CT molecular complexity index is 2980. The maximum absolute atomic E-state index is 13.8. The summed E-state index contributed by atoms with van der Waals surface area (Å²) >= 11 is 0. The smallest absolute Gasteiger partial charge is 0.194 e. The maximum atomic E-state index is 13.8. The van der Waals surface area contributed by atoms with Crippen molar-refractivity contribution in [3.8, 4) is 11.4 Å². The van der Waals surface area contributed by atoms with Crippen molar-refractivity contribution in [2.45, 2.75) is 77.7 Å². The highest BCUT2D eigenvalue weighted by Gasteiger charge is 2.35. The van der Waals surface area contributed by atoms with Gasteiger partial charge < -0.3 is 19.3 Å². The van der Waals surface area contributed by atoms with E-state index in [1.807, 2.05) is 97.8 Å². The molecule has 18 heteroatoms. The molecule has 0 aliphatic carbocycles. The van der Waals surface area contributed by atoms with Gasteiger partial charge in [-0.05, 0) is 135 Å². The zero-order chi connectivity index (χ0) is 48.0. The van der Waals surface area contributed by atoms with E-state index in [0.29, 0.717) is 49.2 Å². The number of hydrogen-bond acceptors (Lipinski definition) is 8. The highest BCUT2D eigenvalue weighted by Crippen LogP contribution is 2.36. The number of halogens is 6. The molecule has 4 aromatic carbocycles. The lowest BCUT2D eigenvalue weighted by Crippen LogP contribution is -2.30. The van der Waals surface area contributed by atoms with E-state index in [4.69, 9.17) is 0 Å². The van der Waals surface area contributed by atoms with Crippen LogP contribution in [0.1, 0.15) is 92.7 Å². The number of hydrogen-bond donors (Lipinski definition) is 2. The summed E-state index contributed by atoms with van der Waals surface area (Å²) in [6.07, 6.45) is 13.5. The first kappa shape index (κ1) is 45.7. The summed E-state index contributed by atoms with van der Waals surface area (Å²) in [7, 11) is 0. The van der Waals surface area contributed by atoms with Crippen LogP contribution in [0.25, 0.3) is 35.7 Å². The van der Waals surface area contributed by atoms with Crippen LogP contribution >= 0.6 is 0 Å². The third-order valence-electron chi connectivity index (χ3n) is 12.0. The van der Waals surface area contributed by atoms with Gasteiger partial charge >= 0.3 is 0 Å². The van der Waals surface area contributed by atoms with E-state index >= 15 is 0 Å². The van der Waals surface area contributed by atoms with Gasteiger partial charge in [0.1, 0.15) is 11.6 Å². The van der Waals surface area contributed by atoms with Crippen LogP contribution in [0.5, 0.6) is 0 Å². The number of fused-ring (bicyclic) bond motifs is 2. The zero-order valence-electron chi connectivity index (χ0n) is 37.2. The third kappa shape index (κ3) is 9.28. The van der Waals surface area contributed by atoms with Crippen LogP contribution in [0, 0.1) is 62.6 Å².